The summed E-state index contributed by atoms with van der Waals surface area (Å²) in [5, 5.41) is 10.5. The largest absolute Gasteiger partial charge is 0.493 e. The van der Waals surface area contributed by atoms with Crippen molar-refractivity contribution in [3.05, 3.63) is 76.9 Å². The lowest BCUT2D eigenvalue weighted by Crippen LogP contribution is -2.02. The first-order valence-electron chi connectivity index (χ1n) is 10.7. The molecule has 0 spiro atoms. The van der Waals surface area contributed by atoms with Crippen molar-refractivity contribution in [2.45, 2.75) is 26.9 Å². The predicted octanol–water partition coefficient (Wildman–Crippen LogP) is 5.68. The molecule has 0 bridgehead atoms. The molecule has 33 heavy (non-hydrogen) atoms. The Balaban J connectivity index is 1.83. The summed E-state index contributed by atoms with van der Waals surface area (Å²) < 4.78 is 17.3. The maximum absolute atomic E-state index is 11.7. The molecule has 4 rings (SSSR count). The lowest BCUT2D eigenvalue weighted by Gasteiger charge is -2.16. The smallest absolute Gasteiger partial charge is 0.307 e. The molecule has 0 atom stereocenters. The average molecular weight is 446 g/mol. The first-order chi connectivity index (χ1) is 15.9. The molecule has 0 aliphatic heterocycles. The van der Waals surface area contributed by atoms with Crippen LogP contribution in [0, 0.1) is 13.8 Å². The van der Waals surface area contributed by atoms with Crippen molar-refractivity contribution in [2.75, 3.05) is 14.2 Å². The topological polar surface area (TPSA) is 80.8 Å². The van der Waals surface area contributed by atoms with E-state index in [1.807, 2.05) is 62.4 Å². The fourth-order valence-corrected chi connectivity index (χ4v) is 4.18. The van der Waals surface area contributed by atoms with Crippen LogP contribution in [0.5, 0.6) is 17.2 Å². The van der Waals surface area contributed by atoms with Gasteiger partial charge in [0.05, 0.1) is 26.3 Å². The second-order valence-corrected chi connectivity index (χ2v) is 8.04. The Bertz CT molecular complexity index is 1280. The van der Waals surface area contributed by atoms with Crippen molar-refractivity contribution >= 4 is 16.9 Å². The lowest BCUT2D eigenvalue weighted by molar-refractivity contribution is -0.136. The Morgan fingerprint density at radius 2 is 1.64 bits per heavy atom. The fraction of sp³-hybridized carbons (Fsp3) is 0.222. The zero-order chi connectivity index (χ0) is 23.5. The molecular weight excluding hydrogens is 418 g/mol. The summed E-state index contributed by atoms with van der Waals surface area (Å²) >= 11 is 0. The number of ether oxygens (including phenoxy) is 3. The number of carbonyl (C=O) groups is 1. The van der Waals surface area contributed by atoms with Crippen LogP contribution in [0.1, 0.15) is 22.3 Å². The lowest BCUT2D eigenvalue weighted by atomic mass is 10.00. The third kappa shape index (κ3) is 4.51. The third-order valence-electron chi connectivity index (χ3n) is 5.66. The van der Waals surface area contributed by atoms with E-state index in [9.17, 15) is 9.90 Å². The molecule has 2 N–H and O–H groups in total. The van der Waals surface area contributed by atoms with Crippen LogP contribution in [0.15, 0.2) is 54.6 Å². The van der Waals surface area contributed by atoms with Gasteiger partial charge in [0.2, 0.25) is 5.75 Å². The average Bonchev–Trinajstić information content (AvgIpc) is 3.15. The number of aromatic nitrogens is 1. The number of nitrogens with one attached hydrogen (secondary N) is 1. The number of fused-ring (bicyclic) bond motifs is 1. The molecule has 6 nitrogen and oxygen atoms in total. The Kier molecular flexibility index (Phi) is 6.27. The van der Waals surface area contributed by atoms with E-state index < -0.39 is 5.97 Å². The summed E-state index contributed by atoms with van der Waals surface area (Å²) in [6.45, 7) is 4.39. The summed E-state index contributed by atoms with van der Waals surface area (Å²) in [4.78, 5) is 15.1. The van der Waals surface area contributed by atoms with Crippen molar-refractivity contribution in [3.8, 4) is 28.5 Å². The number of carboxylic acid groups (broad SMARTS) is 1. The minimum atomic E-state index is -0.891. The van der Waals surface area contributed by atoms with E-state index in [0.717, 1.165) is 44.4 Å². The molecule has 1 aromatic heterocycles. The van der Waals surface area contributed by atoms with E-state index in [2.05, 4.69) is 11.1 Å². The molecule has 3 aromatic carbocycles. The summed E-state index contributed by atoms with van der Waals surface area (Å²) in [7, 11) is 3.15. The highest BCUT2D eigenvalue weighted by Gasteiger charge is 2.21. The van der Waals surface area contributed by atoms with Gasteiger partial charge in [-0.3, -0.25) is 4.79 Å². The van der Waals surface area contributed by atoms with Crippen LogP contribution < -0.4 is 14.2 Å². The van der Waals surface area contributed by atoms with E-state index in [1.165, 1.54) is 0 Å². The molecule has 1 heterocycles. The first-order valence-corrected chi connectivity index (χ1v) is 10.7. The van der Waals surface area contributed by atoms with Gasteiger partial charge in [-0.05, 0) is 48.7 Å². The molecule has 0 fully saturated rings. The van der Waals surface area contributed by atoms with Crippen LogP contribution >= 0.6 is 0 Å². The number of aliphatic carboxylic acids is 1. The Hall–Kier alpha value is -3.93. The van der Waals surface area contributed by atoms with Crippen LogP contribution in [0.4, 0.5) is 0 Å². The van der Waals surface area contributed by atoms with Gasteiger partial charge < -0.3 is 24.3 Å². The molecule has 0 aliphatic carbocycles. The van der Waals surface area contributed by atoms with Crippen LogP contribution in [0.25, 0.3) is 22.2 Å². The van der Waals surface area contributed by atoms with Crippen LogP contribution in [-0.4, -0.2) is 30.3 Å². The van der Waals surface area contributed by atoms with Gasteiger partial charge in [0.1, 0.15) is 6.61 Å². The number of aryl methyl sites for hydroxylation is 2. The molecule has 0 saturated heterocycles. The van der Waals surface area contributed by atoms with Gasteiger partial charge in [-0.25, -0.2) is 0 Å². The number of hydrogen-bond donors (Lipinski definition) is 2. The monoisotopic (exact) mass is 445 g/mol. The molecular formula is C27H27NO5. The Morgan fingerprint density at radius 3 is 2.24 bits per heavy atom. The summed E-state index contributed by atoms with van der Waals surface area (Å²) in [6.07, 6.45) is -0.102. The Labute approximate surface area is 192 Å². The number of rotatable bonds is 8. The van der Waals surface area contributed by atoms with Crippen molar-refractivity contribution in [3.63, 3.8) is 0 Å². The van der Waals surface area contributed by atoms with Crippen molar-refractivity contribution in [1.29, 1.82) is 0 Å². The van der Waals surface area contributed by atoms with E-state index >= 15 is 0 Å². The SMILES string of the molecule is COc1cc(-c2[nH]c3c(C)cc(C)cc3c2CC(=O)O)cc(OC)c1OCc1ccccc1. The van der Waals surface area contributed by atoms with Crippen molar-refractivity contribution < 1.29 is 24.1 Å². The van der Waals surface area contributed by atoms with Gasteiger partial charge in [0, 0.05) is 16.5 Å². The molecule has 0 radical (unpaired) electrons. The van der Waals surface area contributed by atoms with Gasteiger partial charge >= 0.3 is 5.97 Å². The van der Waals surface area contributed by atoms with Crippen molar-refractivity contribution in [2.24, 2.45) is 0 Å². The van der Waals surface area contributed by atoms with Crippen LogP contribution in [-0.2, 0) is 17.8 Å². The third-order valence-corrected chi connectivity index (χ3v) is 5.66. The standard InChI is InChI=1S/C27H27NO5/c1-16-10-17(2)25-20(11-16)21(14-24(29)30)26(28-25)19-12-22(31-3)27(23(13-19)32-4)33-15-18-8-6-5-7-9-18/h5-13,28H,14-15H2,1-4H3,(H,29,30). The second-order valence-electron chi connectivity index (χ2n) is 8.04. The molecule has 6 heteroatoms. The van der Waals surface area contributed by atoms with Gasteiger partial charge in [-0.2, -0.15) is 0 Å². The molecule has 170 valence electrons. The minimum Gasteiger partial charge on any atom is -0.493 e. The quantitative estimate of drug-likeness (QED) is 0.365. The van der Waals surface area contributed by atoms with E-state index in [0.29, 0.717) is 23.9 Å². The molecule has 4 aromatic rings. The van der Waals surface area contributed by atoms with E-state index in [4.69, 9.17) is 14.2 Å². The van der Waals surface area contributed by atoms with E-state index in [1.54, 1.807) is 14.2 Å². The highest BCUT2D eigenvalue weighted by molar-refractivity contribution is 5.96. The molecule has 0 aliphatic rings. The summed E-state index contributed by atoms with van der Waals surface area (Å²) in [5.41, 5.74) is 6.31. The predicted molar refractivity (Wildman–Crippen MR) is 128 cm³/mol. The number of benzene rings is 3. The second kappa shape index (κ2) is 9.28. The number of aromatic amines is 1. The zero-order valence-electron chi connectivity index (χ0n) is 19.2. The zero-order valence-corrected chi connectivity index (χ0v) is 19.2. The maximum atomic E-state index is 11.7. The first kappa shape index (κ1) is 22.3. The van der Waals surface area contributed by atoms with Crippen LogP contribution in [0.3, 0.4) is 0 Å². The van der Waals surface area contributed by atoms with Gasteiger partial charge in [0.25, 0.3) is 0 Å². The minimum absolute atomic E-state index is 0.102. The number of H-pyrrole nitrogens is 1. The molecule has 0 saturated carbocycles. The fourth-order valence-electron chi connectivity index (χ4n) is 4.18. The highest BCUT2D eigenvalue weighted by atomic mass is 16.5. The number of methoxy groups -OCH3 is 2. The number of carboxylic acids is 1. The number of hydrogen-bond acceptors (Lipinski definition) is 4. The highest BCUT2D eigenvalue weighted by Crippen LogP contribution is 2.43. The normalized spacial score (nSPS) is 10.9. The van der Waals surface area contributed by atoms with Crippen LogP contribution in [0.2, 0.25) is 0 Å². The molecule has 0 amide bonds. The van der Waals surface area contributed by atoms with Gasteiger partial charge in [0.15, 0.2) is 11.5 Å². The van der Waals surface area contributed by atoms with Crippen molar-refractivity contribution in [1.82, 2.24) is 4.98 Å². The van der Waals surface area contributed by atoms with Gasteiger partial charge in [-0.15, -0.1) is 0 Å². The maximum Gasteiger partial charge on any atom is 0.307 e. The Morgan fingerprint density at radius 1 is 0.970 bits per heavy atom. The van der Waals surface area contributed by atoms with Gasteiger partial charge in [-0.1, -0.05) is 42.0 Å². The van der Waals surface area contributed by atoms with E-state index in [-0.39, 0.29) is 6.42 Å². The summed E-state index contributed by atoms with van der Waals surface area (Å²) in [5.74, 6) is 0.620. The molecule has 0 unspecified atom stereocenters. The summed E-state index contributed by atoms with van der Waals surface area (Å²) in [6, 6.07) is 17.6.